The highest BCUT2D eigenvalue weighted by molar-refractivity contribution is 5.79. The van der Waals surface area contributed by atoms with Crippen molar-refractivity contribution in [2.24, 2.45) is 10.9 Å². The molecule has 1 heterocycles. The summed E-state index contributed by atoms with van der Waals surface area (Å²) in [6.45, 7) is 7.13. The summed E-state index contributed by atoms with van der Waals surface area (Å²) in [5, 5.41) is 10.9. The van der Waals surface area contributed by atoms with Gasteiger partial charge in [0.05, 0.1) is 12.2 Å². The fourth-order valence-electron chi connectivity index (χ4n) is 2.96. The van der Waals surface area contributed by atoms with Gasteiger partial charge in [-0.2, -0.15) is 0 Å². The van der Waals surface area contributed by atoms with Crippen LogP contribution in [0.2, 0.25) is 0 Å². The summed E-state index contributed by atoms with van der Waals surface area (Å²) in [6, 6.07) is 2.55. The third-order valence-corrected chi connectivity index (χ3v) is 4.59. The van der Waals surface area contributed by atoms with Crippen molar-refractivity contribution in [3.05, 3.63) is 17.5 Å². The molecule has 0 aliphatic heterocycles. The lowest BCUT2D eigenvalue weighted by atomic mass is 9.84. The van der Waals surface area contributed by atoms with E-state index >= 15 is 0 Å². The van der Waals surface area contributed by atoms with E-state index in [1.165, 1.54) is 32.1 Å². The van der Waals surface area contributed by atoms with Crippen LogP contribution >= 0.6 is 0 Å². The first-order valence-electron chi connectivity index (χ1n) is 8.55. The molecule has 0 atom stereocenters. The zero-order valence-corrected chi connectivity index (χ0v) is 14.4. The smallest absolute Gasteiger partial charge is 0.191 e. The number of hydrogen-bond acceptors (Lipinski definition) is 3. The van der Waals surface area contributed by atoms with Crippen molar-refractivity contribution in [1.82, 2.24) is 15.8 Å². The van der Waals surface area contributed by atoms with Gasteiger partial charge in [-0.3, -0.25) is 4.99 Å². The largest absolute Gasteiger partial charge is 0.359 e. The molecule has 1 aliphatic rings. The molecular formula is C17H30N4O. The molecule has 22 heavy (non-hydrogen) atoms. The fraction of sp³-hybridized carbons (Fsp3) is 0.765. The maximum absolute atomic E-state index is 5.34. The van der Waals surface area contributed by atoms with Crippen LogP contribution in [0.1, 0.15) is 70.2 Å². The topological polar surface area (TPSA) is 62.5 Å². The van der Waals surface area contributed by atoms with Gasteiger partial charge in [0.25, 0.3) is 0 Å². The van der Waals surface area contributed by atoms with E-state index in [1.807, 2.05) is 13.1 Å². The van der Waals surface area contributed by atoms with Crippen LogP contribution < -0.4 is 10.6 Å². The van der Waals surface area contributed by atoms with E-state index in [2.05, 4.69) is 41.6 Å². The van der Waals surface area contributed by atoms with E-state index in [0.717, 1.165) is 23.3 Å². The normalized spacial score (nSPS) is 22.9. The Bertz CT molecular complexity index is 473. The standard InChI is InChI=1S/C17H30N4O/c1-5-13-6-8-14(9-7-13)20-17(18-4)19-11-15-10-16(12(2)3)21-22-15/h10,12-14H,5-9,11H2,1-4H3,(H2,18,19,20). The van der Waals surface area contributed by atoms with Gasteiger partial charge in [-0.25, -0.2) is 0 Å². The third kappa shape index (κ3) is 4.75. The minimum absolute atomic E-state index is 0.392. The minimum Gasteiger partial charge on any atom is -0.359 e. The van der Waals surface area contributed by atoms with Crippen LogP contribution in [0.5, 0.6) is 0 Å². The first kappa shape index (κ1) is 16.8. The average molecular weight is 306 g/mol. The maximum Gasteiger partial charge on any atom is 0.191 e. The van der Waals surface area contributed by atoms with Crippen LogP contribution in [0.4, 0.5) is 0 Å². The van der Waals surface area contributed by atoms with Crippen LogP contribution in [0.3, 0.4) is 0 Å². The van der Waals surface area contributed by atoms with Gasteiger partial charge >= 0.3 is 0 Å². The molecule has 0 amide bonds. The zero-order chi connectivity index (χ0) is 15.9. The molecule has 1 saturated carbocycles. The van der Waals surface area contributed by atoms with Crippen LogP contribution in [-0.4, -0.2) is 24.2 Å². The Morgan fingerprint density at radius 3 is 2.64 bits per heavy atom. The van der Waals surface area contributed by atoms with Crippen LogP contribution in [-0.2, 0) is 6.54 Å². The molecule has 5 nitrogen and oxygen atoms in total. The summed E-state index contributed by atoms with van der Waals surface area (Å²) >= 11 is 0. The lowest BCUT2D eigenvalue weighted by molar-refractivity contribution is 0.303. The molecule has 0 bridgehead atoms. The van der Waals surface area contributed by atoms with Crippen LogP contribution in [0.25, 0.3) is 0 Å². The monoisotopic (exact) mass is 306 g/mol. The van der Waals surface area contributed by atoms with Crippen molar-refractivity contribution in [1.29, 1.82) is 0 Å². The average Bonchev–Trinajstić information content (AvgIpc) is 3.01. The lowest BCUT2D eigenvalue weighted by Crippen LogP contribution is -2.44. The van der Waals surface area contributed by atoms with Gasteiger partial charge in [0, 0.05) is 19.2 Å². The molecule has 1 aromatic rings. The number of hydrogen-bond donors (Lipinski definition) is 2. The van der Waals surface area contributed by atoms with Crippen molar-refractivity contribution >= 4 is 5.96 Å². The summed E-state index contributed by atoms with van der Waals surface area (Å²) in [7, 11) is 1.81. The molecule has 124 valence electrons. The molecular weight excluding hydrogens is 276 g/mol. The second-order valence-corrected chi connectivity index (χ2v) is 6.57. The van der Waals surface area contributed by atoms with Crippen molar-refractivity contribution in [3.8, 4) is 0 Å². The summed E-state index contributed by atoms with van der Waals surface area (Å²) < 4.78 is 5.34. The quantitative estimate of drug-likeness (QED) is 0.646. The Hall–Kier alpha value is -1.52. The van der Waals surface area contributed by atoms with Crippen molar-refractivity contribution in [3.63, 3.8) is 0 Å². The lowest BCUT2D eigenvalue weighted by Gasteiger charge is -2.29. The van der Waals surface area contributed by atoms with E-state index in [-0.39, 0.29) is 0 Å². The number of rotatable bonds is 5. The summed E-state index contributed by atoms with van der Waals surface area (Å²) in [4.78, 5) is 4.31. The summed E-state index contributed by atoms with van der Waals surface area (Å²) in [5.74, 6) is 3.00. The van der Waals surface area contributed by atoms with E-state index in [0.29, 0.717) is 18.5 Å². The number of nitrogens with zero attached hydrogens (tertiary/aromatic N) is 2. The van der Waals surface area contributed by atoms with Crippen LogP contribution in [0.15, 0.2) is 15.6 Å². The number of aromatic nitrogens is 1. The number of guanidine groups is 1. The van der Waals surface area contributed by atoms with E-state index < -0.39 is 0 Å². The van der Waals surface area contributed by atoms with Crippen molar-refractivity contribution < 1.29 is 4.52 Å². The molecule has 2 N–H and O–H groups in total. The molecule has 0 saturated heterocycles. The van der Waals surface area contributed by atoms with Gasteiger partial charge in [0.15, 0.2) is 11.7 Å². The summed E-state index contributed by atoms with van der Waals surface area (Å²) in [5.41, 5.74) is 0.998. The zero-order valence-electron chi connectivity index (χ0n) is 14.4. The Balaban J connectivity index is 1.77. The molecule has 0 radical (unpaired) electrons. The van der Waals surface area contributed by atoms with Gasteiger partial charge in [-0.1, -0.05) is 32.3 Å². The predicted molar refractivity (Wildman–Crippen MR) is 90.0 cm³/mol. The molecule has 5 heteroatoms. The van der Waals surface area contributed by atoms with Gasteiger partial charge in [-0.15, -0.1) is 0 Å². The molecule has 2 rings (SSSR count). The van der Waals surface area contributed by atoms with Gasteiger partial charge in [0.2, 0.25) is 0 Å². The molecule has 1 aliphatic carbocycles. The first-order chi connectivity index (χ1) is 10.6. The van der Waals surface area contributed by atoms with Crippen molar-refractivity contribution in [2.45, 2.75) is 71.4 Å². The highest BCUT2D eigenvalue weighted by atomic mass is 16.5. The van der Waals surface area contributed by atoms with Gasteiger partial charge < -0.3 is 15.2 Å². The highest BCUT2D eigenvalue weighted by Crippen LogP contribution is 2.26. The number of nitrogens with one attached hydrogen (secondary N) is 2. The molecule has 1 aromatic heterocycles. The molecule has 0 aromatic carbocycles. The predicted octanol–water partition coefficient (Wildman–Crippen LogP) is 3.43. The van der Waals surface area contributed by atoms with Crippen molar-refractivity contribution in [2.75, 3.05) is 7.05 Å². The number of aliphatic imine (C=N–C) groups is 1. The second kappa shape index (κ2) is 8.20. The Morgan fingerprint density at radius 1 is 1.36 bits per heavy atom. The van der Waals surface area contributed by atoms with E-state index in [1.54, 1.807) is 0 Å². The van der Waals surface area contributed by atoms with E-state index in [9.17, 15) is 0 Å². The first-order valence-corrected chi connectivity index (χ1v) is 8.55. The van der Waals surface area contributed by atoms with Crippen LogP contribution in [0, 0.1) is 5.92 Å². The molecule has 0 unspecified atom stereocenters. The van der Waals surface area contributed by atoms with Gasteiger partial charge in [-0.05, 0) is 37.5 Å². The summed E-state index contributed by atoms with van der Waals surface area (Å²) in [6.07, 6.45) is 6.43. The Kier molecular flexibility index (Phi) is 6.28. The fourth-order valence-corrected chi connectivity index (χ4v) is 2.96. The SMILES string of the molecule is CCC1CCC(NC(=NC)NCc2cc(C(C)C)no2)CC1. The third-order valence-electron chi connectivity index (χ3n) is 4.59. The molecule has 0 spiro atoms. The minimum atomic E-state index is 0.392. The molecule has 1 fully saturated rings. The van der Waals surface area contributed by atoms with E-state index in [4.69, 9.17) is 4.52 Å². The second-order valence-electron chi connectivity index (χ2n) is 6.57. The highest BCUT2D eigenvalue weighted by Gasteiger charge is 2.20. The maximum atomic E-state index is 5.34. The Labute approximate surface area is 133 Å². The Morgan fingerprint density at radius 2 is 2.09 bits per heavy atom. The van der Waals surface area contributed by atoms with Gasteiger partial charge in [0.1, 0.15) is 0 Å².